The van der Waals surface area contributed by atoms with Crippen molar-refractivity contribution in [2.75, 3.05) is 13.2 Å². The molecule has 1 amide bonds. The van der Waals surface area contributed by atoms with E-state index in [9.17, 15) is 9.90 Å². The second-order valence-corrected chi connectivity index (χ2v) is 8.12. The molecule has 5 rings (SSSR count). The van der Waals surface area contributed by atoms with Crippen molar-refractivity contribution in [1.29, 1.82) is 0 Å². The molecule has 0 saturated carbocycles. The van der Waals surface area contributed by atoms with Crippen molar-refractivity contribution in [2.24, 2.45) is 7.05 Å². The van der Waals surface area contributed by atoms with Gasteiger partial charge in [-0.1, -0.05) is 24.3 Å². The fourth-order valence-electron chi connectivity index (χ4n) is 4.10. The fourth-order valence-corrected chi connectivity index (χ4v) is 4.10. The Labute approximate surface area is 185 Å². The molecule has 1 aliphatic heterocycles. The highest BCUT2D eigenvalue weighted by Crippen LogP contribution is 2.23. The Hall–Kier alpha value is -3.49. The van der Waals surface area contributed by atoms with E-state index in [1.165, 1.54) is 0 Å². The summed E-state index contributed by atoms with van der Waals surface area (Å²) in [6.07, 6.45) is 5.33. The molecule has 2 atom stereocenters. The first kappa shape index (κ1) is 20.4. The first-order valence-corrected chi connectivity index (χ1v) is 10.7. The second-order valence-electron chi connectivity index (χ2n) is 8.12. The number of pyridine rings is 1. The number of hydrogen-bond acceptors (Lipinski definition) is 5. The third-order valence-electron chi connectivity index (χ3n) is 5.84. The van der Waals surface area contributed by atoms with Crippen LogP contribution in [-0.2, 0) is 18.3 Å². The van der Waals surface area contributed by atoms with Crippen molar-refractivity contribution in [3.8, 4) is 11.3 Å². The Morgan fingerprint density at radius 1 is 1.25 bits per heavy atom. The summed E-state index contributed by atoms with van der Waals surface area (Å²) >= 11 is 0. The van der Waals surface area contributed by atoms with Gasteiger partial charge in [-0.25, -0.2) is 0 Å². The first-order valence-electron chi connectivity index (χ1n) is 10.7. The minimum atomic E-state index is -0.702. The van der Waals surface area contributed by atoms with Crippen LogP contribution in [0.4, 0.5) is 0 Å². The number of aromatic nitrogens is 4. The van der Waals surface area contributed by atoms with E-state index < -0.39 is 6.10 Å². The molecular weight excluding hydrogens is 406 g/mol. The number of rotatable bonds is 5. The van der Waals surface area contributed by atoms with E-state index in [0.717, 1.165) is 22.3 Å². The van der Waals surface area contributed by atoms with E-state index in [4.69, 9.17) is 4.74 Å². The Morgan fingerprint density at radius 3 is 2.84 bits per heavy atom. The maximum atomic E-state index is 13.0. The van der Waals surface area contributed by atoms with Crippen LogP contribution >= 0.6 is 0 Å². The summed E-state index contributed by atoms with van der Waals surface area (Å²) in [7, 11) is 1.90. The molecule has 8 nitrogen and oxygen atoms in total. The van der Waals surface area contributed by atoms with Gasteiger partial charge in [-0.2, -0.15) is 5.10 Å². The smallest absolute Gasteiger partial charge is 0.255 e. The number of carbonyl (C=O) groups is 1. The van der Waals surface area contributed by atoms with Crippen LogP contribution in [-0.4, -0.2) is 55.7 Å². The van der Waals surface area contributed by atoms with E-state index in [1.807, 2.05) is 42.2 Å². The van der Waals surface area contributed by atoms with Crippen molar-refractivity contribution in [2.45, 2.75) is 25.1 Å². The highest BCUT2D eigenvalue weighted by Gasteiger charge is 2.27. The molecule has 3 aromatic heterocycles. The van der Waals surface area contributed by atoms with Crippen LogP contribution in [0.5, 0.6) is 0 Å². The lowest BCUT2D eigenvalue weighted by atomic mass is 10.1. The summed E-state index contributed by atoms with van der Waals surface area (Å²) < 4.78 is 9.08. The van der Waals surface area contributed by atoms with Crippen LogP contribution in [0.2, 0.25) is 0 Å². The summed E-state index contributed by atoms with van der Waals surface area (Å²) in [5.41, 5.74) is 5.14. The monoisotopic (exact) mass is 431 g/mol. The van der Waals surface area contributed by atoms with Gasteiger partial charge in [-0.15, -0.1) is 0 Å². The normalized spacial score (nSPS) is 18.7. The highest BCUT2D eigenvalue weighted by atomic mass is 16.5. The lowest BCUT2D eigenvalue weighted by Gasteiger charge is -2.28. The minimum Gasteiger partial charge on any atom is -0.389 e. The molecule has 4 heterocycles. The number of nitrogens with zero attached hydrogens (tertiary/aromatic N) is 4. The van der Waals surface area contributed by atoms with Crippen molar-refractivity contribution in [3.63, 3.8) is 0 Å². The zero-order valence-electron chi connectivity index (χ0n) is 17.8. The summed E-state index contributed by atoms with van der Waals surface area (Å²) in [5.74, 6) is -0.233. The molecule has 8 heteroatoms. The summed E-state index contributed by atoms with van der Waals surface area (Å²) in [6, 6.07) is 13.8. The Balaban J connectivity index is 1.39. The molecule has 1 aliphatic rings. The second kappa shape index (κ2) is 8.57. The molecule has 0 aliphatic carbocycles. The van der Waals surface area contributed by atoms with Gasteiger partial charge < -0.3 is 19.7 Å². The summed E-state index contributed by atoms with van der Waals surface area (Å²) in [6.45, 7) is 1.37. The van der Waals surface area contributed by atoms with Gasteiger partial charge >= 0.3 is 0 Å². The van der Waals surface area contributed by atoms with Gasteiger partial charge in [-0.3, -0.25) is 14.5 Å². The molecule has 0 bridgehead atoms. The van der Waals surface area contributed by atoms with E-state index in [0.29, 0.717) is 30.7 Å². The predicted octanol–water partition coefficient (Wildman–Crippen LogP) is 2.36. The summed E-state index contributed by atoms with van der Waals surface area (Å²) in [5, 5.41) is 17.5. The first-order chi connectivity index (χ1) is 15.6. The highest BCUT2D eigenvalue weighted by molar-refractivity contribution is 6.05. The van der Waals surface area contributed by atoms with E-state index in [2.05, 4.69) is 39.7 Å². The van der Waals surface area contributed by atoms with Gasteiger partial charge in [-0.05, 0) is 30.2 Å². The van der Waals surface area contributed by atoms with E-state index in [1.54, 1.807) is 10.9 Å². The van der Waals surface area contributed by atoms with Crippen molar-refractivity contribution in [3.05, 3.63) is 72.2 Å². The number of ether oxygens (including phenoxy) is 1. The fraction of sp³-hybridized carbons (Fsp3) is 0.292. The molecule has 1 aromatic carbocycles. The number of aliphatic hydroxyl groups excluding tert-OH is 1. The molecule has 0 spiro atoms. The van der Waals surface area contributed by atoms with Gasteiger partial charge in [0.1, 0.15) is 5.52 Å². The third-order valence-corrected chi connectivity index (χ3v) is 5.84. The van der Waals surface area contributed by atoms with Crippen LogP contribution in [0.25, 0.3) is 22.3 Å². The number of fused-ring (bicyclic) bond motifs is 1. The third kappa shape index (κ3) is 4.02. The van der Waals surface area contributed by atoms with E-state index >= 15 is 0 Å². The van der Waals surface area contributed by atoms with Gasteiger partial charge in [0.2, 0.25) is 0 Å². The minimum absolute atomic E-state index is 0.233. The van der Waals surface area contributed by atoms with Crippen LogP contribution in [0.3, 0.4) is 0 Å². The number of hydrogen-bond donors (Lipinski definition) is 2. The molecule has 1 fully saturated rings. The molecule has 0 unspecified atom stereocenters. The quantitative estimate of drug-likeness (QED) is 0.506. The lowest BCUT2D eigenvalue weighted by molar-refractivity contribution is -0.0260. The molecule has 1 saturated heterocycles. The number of benzene rings is 1. The zero-order chi connectivity index (χ0) is 22.1. The Morgan fingerprint density at radius 2 is 2.09 bits per heavy atom. The van der Waals surface area contributed by atoms with Crippen molar-refractivity contribution in [1.82, 2.24) is 24.6 Å². The molecule has 32 heavy (non-hydrogen) atoms. The maximum Gasteiger partial charge on any atom is 0.255 e. The molecule has 164 valence electrons. The SMILES string of the molecule is Cn1ccc(-c2ccc(Cn3cc(C(=O)N[C@H]4CCOC[C@@H]4O)c4ncccc43)cc2)n1. The average molecular weight is 431 g/mol. The number of aliphatic hydroxyl groups is 1. The van der Waals surface area contributed by atoms with Gasteiger partial charge in [0, 0.05) is 44.4 Å². The number of carbonyl (C=O) groups excluding carboxylic acids is 1. The van der Waals surface area contributed by atoms with Crippen molar-refractivity contribution < 1.29 is 14.6 Å². The number of nitrogens with one attached hydrogen (secondary N) is 1. The van der Waals surface area contributed by atoms with Crippen LogP contribution < -0.4 is 5.32 Å². The largest absolute Gasteiger partial charge is 0.389 e. The zero-order valence-corrected chi connectivity index (χ0v) is 17.8. The van der Waals surface area contributed by atoms with E-state index in [-0.39, 0.29) is 18.6 Å². The Kier molecular flexibility index (Phi) is 5.46. The lowest BCUT2D eigenvalue weighted by Crippen LogP contribution is -2.48. The molecule has 0 radical (unpaired) electrons. The molecule has 2 N–H and O–H groups in total. The standard InChI is InChI=1S/C24H25N5O3/c1-28-11-8-19(27-28)17-6-4-16(5-7-17)13-29-14-18(23-21(29)3-2-10-25-23)24(31)26-20-9-12-32-15-22(20)30/h2-8,10-11,14,20,22,30H,9,12-13,15H2,1H3,(H,26,31)/t20-,22-/m0/s1. The van der Waals surface area contributed by atoms with Crippen LogP contribution in [0, 0.1) is 0 Å². The Bertz CT molecular complexity index is 1240. The van der Waals surface area contributed by atoms with Crippen molar-refractivity contribution >= 4 is 16.9 Å². The maximum absolute atomic E-state index is 13.0. The average Bonchev–Trinajstić information content (AvgIpc) is 3.40. The number of aryl methyl sites for hydroxylation is 1. The van der Waals surface area contributed by atoms with Gasteiger partial charge in [0.15, 0.2) is 0 Å². The number of amides is 1. The molecular formula is C24H25N5O3. The summed E-state index contributed by atoms with van der Waals surface area (Å²) in [4.78, 5) is 17.5. The van der Waals surface area contributed by atoms with Gasteiger partial charge in [0.05, 0.1) is 35.5 Å². The molecule has 4 aromatic rings. The topological polar surface area (TPSA) is 94.2 Å². The van der Waals surface area contributed by atoms with Crippen LogP contribution in [0.1, 0.15) is 22.3 Å². The van der Waals surface area contributed by atoms with Gasteiger partial charge in [0.25, 0.3) is 5.91 Å². The predicted molar refractivity (Wildman–Crippen MR) is 120 cm³/mol. The van der Waals surface area contributed by atoms with Crippen LogP contribution in [0.15, 0.2) is 61.1 Å².